The van der Waals surface area contributed by atoms with E-state index in [1.165, 1.54) is 4.68 Å². The van der Waals surface area contributed by atoms with Gasteiger partial charge in [0.25, 0.3) is 6.43 Å². The summed E-state index contributed by atoms with van der Waals surface area (Å²) in [7, 11) is 0. The van der Waals surface area contributed by atoms with Gasteiger partial charge in [0.1, 0.15) is 12.2 Å². The molecule has 154 valence electrons. The Hall–Kier alpha value is -2.56. The van der Waals surface area contributed by atoms with Crippen molar-refractivity contribution < 1.29 is 13.6 Å². The largest absolute Gasteiger partial charge is 0.322 e. The van der Waals surface area contributed by atoms with Crippen LogP contribution in [0.15, 0.2) is 29.3 Å². The third-order valence-electron chi connectivity index (χ3n) is 4.69. The first-order valence-electron chi connectivity index (χ1n) is 9.32. The van der Waals surface area contributed by atoms with Gasteiger partial charge in [-0.3, -0.25) is 18.8 Å². The lowest BCUT2D eigenvalue weighted by atomic mass is 10.2. The van der Waals surface area contributed by atoms with E-state index in [1.807, 2.05) is 17.8 Å². The molecule has 1 fully saturated rings. The highest BCUT2D eigenvalue weighted by Crippen LogP contribution is 2.45. The highest BCUT2D eigenvalue weighted by Gasteiger charge is 2.34. The number of carbonyl (C=O) groups is 1. The van der Waals surface area contributed by atoms with Crippen LogP contribution in [-0.4, -0.2) is 35.2 Å². The van der Waals surface area contributed by atoms with Gasteiger partial charge in [0.2, 0.25) is 5.91 Å². The third kappa shape index (κ3) is 4.39. The maximum Gasteiger partial charge on any atom is 0.283 e. The van der Waals surface area contributed by atoms with Crippen LogP contribution in [0.1, 0.15) is 49.1 Å². The number of carbonyl (C=O) groups excluding carboxylic acids is 1. The van der Waals surface area contributed by atoms with Crippen molar-refractivity contribution in [1.29, 1.82) is 0 Å². The number of amides is 1. The number of aromatic nitrogens is 6. The number of nitrogens with zero attached hydrogens (tertiary/aromatic N) is 6. The van der Waals surface area contributed by atoms with Gasteiger partial charge in [-0.25, -0.2) is 8.78 Å². The Bertz CT molecular complexity index is 1020. The SMILES string of the molecule is CCn1cc(Cn2cc(NC(=O)Cn3nc(C(F)F)c(Br)c3C3CC3)cn2)cn1. The predicted octanol–water partition coefficient (Wildman–Crippen LogP) is 3.56. The van der Waals surface area contributed by atoms with Gasteiger partial charge >= 0.3 is 0 Å². The smallest absolute Gasteiger partial charge is 0.283 e. The van der Waals surface area contributed by atoms with E-state index in [0.29, 0.717) is 22.4 Å². The van der Waals surface area contributed by atoms with Crippen molar-refractivity contribution in [2.24, 2.45) is 0 Å². The van der Waals surface area contributed by atoms with Crippen LogP contribution in [-0.2, 0) is 24.4 Å². The number of anilines is 1. The van der Waals surface area contributed by atoms with Crippen LogP contribution in [0.25, 0.3) is 0 Å². The van der Waals surface area contributed by atoms with Crippen molar-refractivity contribution in [1.82, 2.24) is 29.3 Å². The molecule has 0 radical (unpaired) electrons. The van der Waals surface area contributed by atoms with E-state index in [1.54, 1.807) is 23.3 Å². The lowest BCUT2D eigenvalue weighted by Gasteiger charge is -2.07. The van der Waals surface area contributed by atoms with Crippen molar-refractivity contribution in [3.63, 3.8) is 0 Å². The summed E-state index contributed by atoms with van der Waals surface area (Å²) in [6.45, 7) is 3.20. The molecule has 4 rings (SSSR count). The topological polar surface area (TPSA) is 82.6 Å². The molecule has 29 heavy (non-hydrogen) atoms. The van der Waals surface area contributed by atoms with E-state index in [0.717, 1.165) is 24.9 Å². The van der Waals surface area contributed by atoms with E-state index in [9.17, 15) is 13.6 Å². The van der Waals surface area contributed by atoms with Gasteiger partial charge in [0.05, 0.1) is 34.8 Å². The molecule has 1 aliphatic rings. The maximum atomic E-state index is 13.2. The third-order valence-corrected chi connectivity index (χ3v) is 5.51. The first-order valence-corrected chi connectivity index (χ1v) is 10.1. The lowest BCUT2D eigenvalue weighted by molar-refractivity contribution is -0.117. The zero-order chi connectivity index (χ0) is 20.5. The zero-order valence-electron chi connectivity index (χ0n) is 15.7. The molecule has 8 nitrogen and oxygen atoms in total. The number of nitrogens with one attached hydrogen (secondary N) is 1. The molecule has 1 amide bonds. The molecular weight excluding hydrogens is 448 g/mol. The first kappa shape index (κ1) is 19.7. The van der Waals surface area contributed by atoms with Gasteiger partial charge in [-0.1, -0.05) is 0 Å². The molecule has 0 atom stereocenters. The summed E-state index contributed by atoms with van der Waals surface area (Å²) in [6.07, 6.45) is 6.11. The summed E-state index contributed by atoms with van der Waals surface area (Å²) in [4.78, 5) is 12.5. The molecule has 0 aliphatic heterocycles. The predicted molar refractivity (Wildman–Crippen MR) is 105 cm³/mol. The number of hydrogen-bond donors (Lipinski definition) is 1. The molecular formula is C18H20BrF2N7O. The summed E-state index contributed by atoms with van der Waals surface area (Å²) in [5.74, 6) is -0.176. The quantitative estimate of drug-likeness (QED) is 0.548. The fraction of sp³-hybridized carbons (Fsp3) is 0.444. The second-order valence-electron chi connectivity index (χ2n) is 7.00. The Labute approximate surface area is 174 Å². The molecule has 3 aromatic rings. The van der Waals surface area contributed by atoms with Crippen molar-refractivity contribution in [3.05, 3.63) is 46.2 Å². The number of alkyl halides is 2. The van der Waals surface area contributed by atoms with E-state index < -0.39 is 6.43 Å². The Morgan fingerprint density at radius 3 is 2.69 bits per heavy atom. The van der Waals surface area contributed by atoms with Gasteiger partial charge in [0, 0.05) is 30.4 Å². The molecule has 1 saturated carbocycles. The molecule has 0 unspecified atom stereocenters. The van der Waals surface area contributed by atoms with E-state index in [4.69, 9.17) is 0 Å². The summed E-state index contributed by atoms with van der Waals surface area (Å²) >= 11 is 3.23. The number of rotatable bonds is 8. The van der Waals surface area contributed by atoms with Crippen LogP contribution in [0, 0.1) is 0 Å². The van der Waals surface area contributed by atoms with Crippen molar-refractivity contribution in [2.45, 2.75) is 51.7 Å². The van der Waals surface area contributed by atoms with Gasteiger partial charge in [0.15, 0.2) is 0 Å². The maximum absolute atomic E-state index is 13.2. The van der Waals surface area contributed by atoms with Crippen LogP contribution < -0.4 is 5.32 Å². The minimum absolute atomic E-state index is 0.133. The highest BCUT2D eigenvalue weighted by molar-refractivity contribution is 9.10. The van der Waals surface area contributed by atoms with Gasteiger partial charge in [-0.05, 0) is 35.7 Å². The molecule has 0 saturated heterocycles. The Morgan fingerprint density at radius 1 is 1.28 bits per heavy atom. The number of hydrogen-bond acceptors (Lipinski definition) is 4. The average molecular weight is 468 g/mol. The number of aryl methyl sites for hydroxylation is 1. The highest BCUT2D eigenvalue weighted by atomic mass is 79.9. The Balaban J connectivity index is 1.41. The molecule has 3 heterocycles. The second kappa shape index (κ2) is 8.05. The molecule has 0 aromatic carbocycles. The first-order chi connectivity index (χ1) is 13.9. The van der Waals surface area contributed by atoms with Gasteiger partial charge in [-0.2, -0.15) is 15.3 Å². The second-order valence-corrected chi connectivity index (χ2v) is 7.79. The van der Waals surface area contributed by atoms with Crippen molar-refractivity contribution in [2.75, 3.05) is 5.32 Å². The van der Waals surface area contributed by atoms with Crippen molar-refractivity contribution in [3.8, 4) is 0 Å². The molecule has 1 aliphatic carbocycles. The van der Waals surface area contributed by atoms with Gasteiger partial charge < -0.3 is 5.32 Å². The van der Waals surface area contributed by atoms with Crippen LogP contribution in [0.4, 0.5) is 14.5 Å². The van der Waals surface area contributed by atoms with Crippen LogP contribution in [0.2, 0.25) is 0 Å². The van der Waals surface area contributed by atoms with E-state index in [2.05, 4.69) is 36.5 Å². The minimum atomic E-state index is -2.69. The van der Waals surface area contributed by atoms with Crippen LogP contribution in [0.3, 0.4) is 0 Å². The van der Waals surface area contributed by atoms with Gasteiger partial charge in [-0.15, -0.1) is 0 Å². The molecule has 11 heteroatoms. The normalized spacial score (nSPS) is 14.0. The minimum Gasteiger partial charge on any atom is -0.322 e. The summed E-state index contributed by atoms with van der Waals surface area (Å²) < 4.78 is 31.6. The summed E-state index contributed by atoms with van der Waals surface area (Å²) in [5.41, 5.74) is 1.88. The lowest BCUT2D eigenvalue weighted by Crippen LogP contribution is -2.20. The molecule has 0 spiro atoms. The fourth-order valence-corrected chi connectivity index (χ4v) is 3.96. The fourth-order valence-electron chi connectivity index (χ4n) is 3.18. The summed E-state index contributed by atoms with van der Waals surface area (Å²) in [5, 5.41) is 15.2. The standard InChI is InChI=1S/C18H20BrF2N7O/c1-2-26-7-11(5-22-26)8-27-9-13(6-23-27)24-14(29)10-28-17(12-3-4-12)15(19)16(25-28)18(20)21/h5-7,9,12,18H,2-4,8,10H2,1H3,(H,24,29). The number of halogens is 3. The van der Waals surface area contributed by atoms with Crippen LogP contribution in [0.5, 0.6) is 0 Å². The van der Waals surface area contributed by atoms with Crippen LogP contribution >= 0.6 is 15.9 Å². The van der Waals surface area contributed by atoms with E-state index in [-0.39, 0.29) is 24.1 Å². The Kier molecular flexibility index (Phi) is 5.48. The molecule has 0 bridgehead atoms. The monoisotopic (exact) mass is 467 g/mol. The average Bonchev–Trinajstić information content (AvgIpc) is 3.09. The summed E-state index contributed by atoms with van der Waals surface area (Å²) in [6, 6.07) is 0. The van der Waals surface area contributed by atoms with E-state index >= 15 is 0 Å². The molecule has 1 N–H and O–H groups in total. The zero-order valence-corrected chi connectivity index (χ0v) is 17.3. The van der Waals surface area contributed by atoms with Crippen molar-refractivity contribution >= 4 is 27.5 Å². The molecule has 3 aromatic heterocycles. The Morgan fingerprint density at radius 2 is 2.03 bits per heavy atom.